The van der Waals surface area contributed by atoms with E-state index in [0.717, 1.165) is 14.7 Å². The van der Waals surface area contributed by atoms with Gasteiger partial charge in [-0.15, -0.1) is 0 Å². The van der Waals surface area contributed by atoms with Crippen LogP contribution in [0.5, 0.6) is 0 Å². The van der Waals surface area contributed by atoms with Crippen LogP contribution in [0.4, 0.5) is 31.5 Å². The minimum Gasteiger partial charge on any atom is -0.447 e. The average molecular weight is 1360 g/mol. The summed E-state index contributed by atoms with van der Waals surface area (Å²) in [6, 6.07) is 23.8. The molecule has 0 unspecified atom stereocenters. The number of rotatable bonds is 20. The molecule has 1 aliphatic carbocycles. The second kappa shape index (κ2) is 24.9. The summed E-state index contributed by atoms with van der Waals surface area (Å²) < 4.78 is 81.8. The van der Waals surface area contributed by atoms with Crippen LogP contribution in [0.2, 0.25) is 10.0 Å². The Hall–Kier alpha value is -10.0. The first-order valence-corrected chi connectivity index (χ1v) is 31.1. The third-order valence-electron chi connectivity index (χ3n) is 17.2. The van der Waals surface area contributed by atoms with E-state index in [1.807, 2.05) is 39.9 Å². The molecule has 4 aromatic heterocycles. The van der Waals surface area contributed by atoms with Gasteiger partial charge in [0.1, 0.15) is 36.2 Å². The van der Waals surface area contributed by atoms with Crippen molar-refractivity contribution in [1.82, 2.24) is 80.9 Å². The van der Waals surface area contributed by atoms with Crippen LogP contribution in [0.3, 0.4) is 0 Å². The Balaban J connectivity index is 0.867. The van der Waals surface area contributed by atoms with Gasteiger partial charge in [-0.05, 0) is 95.2 Å². The van der Waals surface area contributed by atoms with E-state index in [9.17, 15) is 42.4 Å². The number of alkyl halides is 5. The summed E-state index contributed by atoms with van der Waals surface area (Å²) in [6.07, 6.45) is -0.188. The minimum absolute atomic E-state index is 0.0470. The Kier molecular flexibility index (Phi) is 17.2. The maximum absolute atomic E-state index is 15.9. The lowest BCUT2D eigenvalue weighted by molar-refractivity contribution is -0.164. The van der Waals surface area contributed by atoms with E-state index in [1.54, 1.807) is 104 Å². The third-order valence-corrected chi connectivity index (χ3v) is 17.9. The number of carbonyl (C=O) groups excluding carboxylic acids is 4. The Morgan fingerprint density at radius 3 is 1.61 bits per heavy atom. The van der Waals surface area contributed by atoms with E-state index < -0.39 is 114 Å². The Labute approximate surface area is 555 Å². The molecule has 96 heavy (non-hydrogen) atoms. The summed E-state index contributed by atoms with van der Waals surface area (Å²) in [7, 11) is 0. The van der Waals surface area contributed by atoms with Gasteiger partial charge in [-0.25, -0.2) is 48.3 Å². The first-order chi connectivity index (χ1) is 45.5. The van der Waals surface area contributed by atoms with Gasteiger partial charge in [0.05, 0.1) is 35.2 Å². The molecule has 1 saturated carbocycles. The highest BCUT2D eigenvalue weighted by Crippen LogP contribution is 2.50. The molecule has 0 spiro atoms. The third kappa shape index (κ3) is 13.1. The Bertz CT molecular complexity index is 4290. The van der Waals surface area contributed by atoms with Crippen LogP contribution >= 0.6 is 23.2 Å². The topological polar surface area (TPSA) is 315 Å². The number of aromatic amines is 2. The number of alkyl carbamates (subject to hydrolysis) is 1. The van der Waals surface area contributed by atoms with Crippen LogP contribution < -0.4 is 16.0 Å². The van der Waals surface area contributed by atoms with Gasteiger partial charge in [-0.1, -0.05) is 118 Å². The van der Waals surface area contributed by atoms with E-state index in [4.69, 9.17) is 37.7 Å². The molecule has 0 radical (unpaired) electrons. The van der Waals surface area contributed by atoms with Gasteiger partial charge in [-0.3, -0.25) is 45.3 Å². The molecule has 12 rings (SSSR count). The van der Waals surface area contributed by atoms with Crippen LogP contribution in [0.25, 0.3) is 45.6 Å². The Morgan fingerprint density at radius 2 is 1.16 bits per heavy atom. The van der Waals surface area contributed by atoms with Crippen molar-refractivity contribution in [3.63, 3.8) is 0 Å². The largest absolute Gasteiger partial charge is 0.447 e. The first-order valence-electron chi connectivity index (χ1n) is 30.3. The number of likely N-dealkylation sites (tertiary alicyclic amines) is 1. The van der Waals surface area contributed by atoms with E-state index in [2.05, 4.69) is 55.9 Å². The molecule has 7 N–H and O–H groups in total. The number of hydrogen-bond acceptors (Lipinski definition) is 16. The molecule has 4 aliphatic rings. The van der Waals surface area contributed by atoms with Crippen LogP contribution in [0.15, 0.2) is 128 Å². The average Bonchev–Trinajstić information content (AvgIpc) is 1.56. The summed E-state index contributed by atoms with van der Waals surface area (Å²) >= 11 is 13.7. The molecule has 4 aromatic carbocycles. The molecular formula is C65H63Cl2F5N18O6. The van der Waals surface area contributed by atoms with E-state index in [1.165, 1.54) is 24.5 Å². The standard InChI is InChI=1S/C65H63Cl2F5N18O6/c1-59(2,3)31-63(40-14-8-36(9-15-40)49-75-22-6-23-76-49)53(91)89(55(73)82-63)46(29-95-57(93)84-61(20-21-61)65(70,71)72)39-13-19-45(67)43(27-39)52-81-48(85-87-52)28-60(4,5)32-64(41-16-10-37(11-17-41)50-77-24-7-25-78-50)54(92)90(56(74)83-64)47(30-96-58(94)88-33-62(68,69)34-88)38-12-18-44(66)42(26-38)51-79-35-80-86-51/h6-19,22-27,35,46-47H,20-21,28-34H2,1-5H3,(H2,73,82)(H2,74,83)(H,84,93)(H,79,80,86)(H,81,85,87)/t46-,47-,63-,64-/m1/s1. The number of aromatic nitrogens is 10. The van der Waals surface area contributed by atoms with Crippen molar-refractivity contribution in [3.8, 4) is 45.6 Å². The van der Waals surface area contributed by atoms with Gasteiger partial charge < -0.3 is 25.4 Å². The van der Waals surface area contributed by atoms with Crippen molar-refractivity contribution in [2.24, 2.45) is 10.8 Å². The predicted octanol–water partition coefficient (Wildman–Crippen LogP) is 11.1. The van der Waals surface area contributed by atoms with Gasteiger partial charge in [0.25, 0.3) is 17.7 Å². The second-order valence-electron chi connectivity index (χ2n) is 26.2. The van der Waals surface area contributed by atoms with Gasteiger partial charge in [0.15, 0.2) is 41.0 Å². The van der Waals surface area contributed by atoms with E-state index in [0.29, 0.717) is 45.0 Å². The molecule has 0 bridgehead atoms. The van der Waals surface area contributed by atoms with Gasteiger partial charge in [0, 0.05) is 53.5 Å². The van der Waals surface area contributed by atoms with Crippen molar-refractivity contribution in [3.05, 3.63) is 166 Å². The fraction of sp³-hybridized carbons (Fsp3) is 0.354. The van der Waals surface area contributed by atoms with E-state index >= 15 is 9.59 Å². The zero-order valence-electron chi connectivity index (χ0n) is 52.2. The number of ether oxygens (including phenoxy) is 2. The zero-order chi connectivity index (χ0) is 68.3. The van der Waals surface area contributed by atoms with Crippen LogP contribution in [0.1, 0.15) is 100 Å². The molecule has 7 heterocycles. The highest BCUT2D eigenvalue weighted by atomic mass is 35.5. The molecule has 8 aromatic rings. The molecule has 24 nitrogen and oxygen atoms in total. The van der Waals surface area contributed by atoms with Crippen LogP contribution in [0, 0.1) is 21.6 Å². The smallest absolute Gasteiger partial charge is 0.411 e. The summed E-state index contributed by atoms with van der Waals surface area (Å²) in [4.78, 5) is 87.9. The SMILES string of the molecule is CC(C)(C)C[C@]1(c2ccc(-c3ncccn3)cc2)NC(=N)N([C@H](COC(=O)NC2(C(F)(F)F)CC2)c2ccc(Cl)c(-c3nc(CC(C)(C)C[C@]4(c5ccc(-c6ncccn6)cc5)NC(=N)N([C@H](COC(=O)N5CC(F)(F)C5)c5ccc(Cl)c(-c6ncn[nH]6)c5)C4=O)n[nH]3)c2)C1=O. The fourth-order valence-corrected chi connectivity index (χ4v) is 13.0. The lowest BCUT2D eigenvalue weighted by atomic mass is 9.72. The molecule has 31 heteroatoms. The number of carbonyl (C=O) groups is 4. The van der Waals surface area contributed by atoms with Crippen molar-refractivity contribution in [1.29, 1.82) is 10.8 Å². The van der Waals surface area contributed by atoms with Gasteiger partial charge in [-0.2, -0.15) is 23.4 Å². The maximum atomic E-state index is 15.9. The van der Waals surface area contributed by atoms with Crippen LogP contribution in [-0.2, 0) is 36.6 Å². The number of nitrogens with zero attached hydrogens (tertiary/aromatic N) is 11. The van der Waals surface area contributed by atoms with Crippen LogP contribution in [-0.4, -0.2) is 145 Å². The maximum Gasteiger partial charge on any atom is 0.411 e. The normalized spacial score (nSPS) is 19.7. The monoisotopic (exact) mass is 1360 g/mol. The first kappa shape index (κ1) is 66.0. The fourth-order valence-electron chi connectivity index (χ4n) is 12.6. The van der Waals surface area contributed by atoms with Gasteiger partial charge >= 0.3 is 18.4 Å². The molecule has 4 amide bonds. The lowest BCUT2D eigenvalue weighted by Crippen LogP contribution is -2.58. The quantitative estimate of drug-likeness (QED) is 0.0349. The van der Waals surface area contributed by atoms with E-state index in [-0.39, 0.29) is 70.7 Å². The summed E-state index contributed by atoms with van der Waals surface area (Å²) in [5.74, 6) is -3.76. The molecule has 3 aliphatic heterocycles. The number of H-pyrrole nitrogens is 2. The number of nitrogens with one attached hydrogen (secondary N) is 7. The number of amides is 4. The van der Waals surface area contributed by atoms with Crippen molar-refractivity contribution in [2.45, 2.75) is 108 Å². The highest BCUT2D eigenvalue weighted by molar-refractivity contribution is 6.33. The van der Waals surface area contributed by atoms with Crippen molar-refractivity contribution < 1.29 is 50.6 Å². The lowest BCUT2D eigenvalue weighted by Gasteiger charge is -2.38. The number of benzene rings is 4. The van der Waals surface area contributed by atoms with Gasteiger partial charge in [0.2, 0.25) is 0 Å². The molecular weight excluding hydrogens is 1290 g/mol. The number of hydrogen-bond donors (Lipinski definition) is 7. The Morgan fingerprint density at radius 1 is 0.667 bits per heavy atom. The van der Waals surface area contributed by atoms with Crippen molar-refractivity contribution in [2.75, 3.05) is 26.3 Å². The zero-order valence-corrected chi connectivity index (χ0v) is 53.7. The summed E-state index contributed by atoms with van der Waals surface area (Å²) in [5, 5.41) is 42.1. The molecule has 3 saturated heterocycles. The molecule has 4 atom stereocenters. The number of halogens is 7. The minimum atomic E-state index is -4.77. The second-order valence-corrected chi connectivity index (χ2v) is 27.0. The van der Waals surface area contributed by atoms with Crippen molar-refractivity contribution >= 4 is 59.1 Å². The highest BCUT2D eigenvalue weighted by Gasteiger charge is 2.65. The molecule has 498 valence electrons. The predicted molar refractivity (Wildman–Crippen MR) is 339 cm³/mol. The number of guanidine groups is 2. The summed E-state index contributed by atoms with van der Waals surface area (Å²) in [5.41, 5.74) is -4.11. The molecule has 4 fully saturated rings. The summed E-state index contributed by atoms with van der Waals surface area (Å²) in [6.45, 7) is 6.43.